The summed E-state index contributed by atoms with van der Waals surface area (Å²) in [6, 6.07) is 10.1. The van der Waals surface area contributed by atoms with E-state index >= 15 is 0 Å². The van der Waals surface area contributed by atoms with Gasteiger partial charge in [-0.1, -0.05) is 23.2 Å². The van der Waals surface area contributed by atoms with Gasteiger partial charge in [0.2, 0.25) is 0 Å². The van der Waals surface area contributed by atoms with Crippen molar-refractivity contribution in [3.8, 4) is 0 Å². The van der Waals surface area contributed by atoms with E-state index in [0.29, 0.717) is 18.8 Å². The van der Waals surface area contributed by atoms with Crippen LogP contribution < -0.4 is 4.90 Å². The molecule has 1 aromatic carbocycles. The summed E-state index contributed by atoms with van der Waals surface area (Å²) in [4.78, 5) is 13.6. The second kappa shape index (κ2) is 12.3. The third-order valence-electron chi connectivity index (χ3n) is 2.97. The fourth-order valence-corrected chi connectivity index (χ4v) is 2.38. The lowest BCUT2D eigenvalue weighted by Gasteiger charge is -2.24. The molecule has 0 saturated carbocycles. The molecule has 0 aliphatic carbocycles. The molecule has 1 aromatic rings. The normalized spacial score (nSPS) is 10.5. The molecule has 0 bridgehead atoms. The molecule has 0 unspecified atom stereocenters. The van der Waals surface area contributed by atoms with E-state index in [1.54, 1.807) is 0 Å². The summed E-state index contributed by atoms with van der Waals surface area (Å²) in [6.45, 7) is 3.84. The number of ether oxygens (including phenoxy) is 1. The summed E-state index contributed by atoms with van der Waals surface area (Å²) in [6.07, 6.45) is 2.03. The fourth-order valence-electron chi connectivity index (χ4n) is 2.03. The number of carbonyl (C=O) groups excluding carboxylic acids is 1. The van der Waals surface area contributed by atoms with Crippen molar-refractivity contribution < 1.29 is 24.2 Å². The first-order valence-electron chi connectivity index (χ1n) is 7.33. The van der Waals surface area contributed by atoms with Crippen LogP contribution in [0, 0.1) is 0 Å². The van der Waals surface area contributed by atoms with Gasteiger partial charge in [-0.25, -0.2) is 5.26 Å². The number of nitrogens with zero attached hydrogens (tertiary/aromatic N) is 1. The van der Waals surface area contributed by atoms with Crippen LogP contribution in [0.4, 0.5) is 5.69 Å². The van der Waals surface area contributed by atoms with E-state index in [0.717, 1.165) is 43.7 Å². The molecule has 6 nitrogen and oxygen atoms in total. The number of hydrogen-bond acceptors (Lipinski definition) is 7. The summed E-state index contributed by atoms with van der Waals surface area (Å²) >= 11 is 1.05. The van der Waals surface area contributed by atoms with Gasteiger partial charge in [0.05, 0.1) is 6.61 Å². The molecule has 1 rings (SSSR count). The minimum absolute atomic E-state index is 0.153. The Morgan fingerprint density at radius 2 is 1.95 bits per heavy atom. The van der Waals surface area contributed by atoms with E-state index in [2.05, 4.69) is 14.3 Å². The number of anilines is 1. The van der Waals surface area contributed by atoms with Crippen molar-refractivity contribution in [2.75, 3.05) is 30.3 Å². The van der Waals surface area contributed by atoms with Gasteiger partial charge >= 0.3 is 5.97 Å². The topological polar surface area (TPSA) is 68.2 Å². The lowest BCUT2D eigenvalue weighted by molar-refractivity contribution is -0.432. The monoisotopic (exact) mass is 329 g/mol. The molecule has 0 fully saturated rings. The maximum absolute atomic E-state index is 11.4. The average Bonchev–Trinajstić information content (AvgIpc) is 2.54. The van der Waals surface area contributed by atoms with Crippen LogP contribution in [-0.4, -0.2) is 36.7 Å². The van der Waals surface area contributed by atoms with Crippen molar-refractivity contribution in [1.82, 2.24) is 0 Å². The van der Waals surface area contributed by atoms with E-state index in [1.165, 1.54) is 0 Å². The van der Waals surface area contributed by atoms with Crippen LogP contribution in [0.25, 0.3) is 0 Å². The molecule has 1 N–H and O–H groups in total. The SMILES string of the molecule is CCOC(=O)CCCN(CCCSOOO)c1ccccc1. The molecule has 0 aliphatic heterocycles. The maximum Gasteiger partial charge on any atom is 0.305 e. The van der Waals surface area contributed by atoms with E-state index in [1.807, 2.05) is 37.3 Å². The van der Waals surface area contributed by atoms with Crippen LogP contribution >= 0.6 is 12.0 Å². The summed E-state index contributed by atoms with van der Waals surface area (Å²) in [5.41, 5.74) is 1.12. The summed E-state index contributed by atoms with van der Waals surface area (Å²) in [7, 11) is 0. The Morgan fingerprint density at radius 3 is 2.64 bits per heavy atom. The minimum Gasteiger partial charge on any atom is -0.466 e. The third kappa shape index (κ3) is 8.23. The lowest BCUT2D eigenvalue weighted by atomic mass is 10.2. The quantitative estimate of drug-likeness (QED) is 0.207. The van der Waals surface area contributed by atoms with Gasteiger partial charge in [0.1, 0.15) is 0 Å². The van der Waals surface area contributed by atoms with Crippen molar-refractivity contribution in [2.24, 2.45) is 0 Å². The van der Waals surface area contributed by atoms with Gasteiger partial charge in [-0.3, -0.25) is 4.79 Å². The first-order valence-corrected chi connectivity index (χ1v) is 8.24. The molecule has 0 spiro atoms. The van der Waals surface area contributed by atoms with Crippen molar-refractivity contribution in [1.29, 1.82) is 0 Å². The Labute approximate surface area is 135 Å². The van der Waals surface area contributed by atoms with Crippen molar-refractivity contribution in [3.05, 3.63) is 30.3 Å². The van der Waals surface area contributed by atoms with E-state index in [4.69, 9.17) is 9.99 Å². The molecule has 0 amide bonds. The van der Waals surface area contributed by atoms with Crippen molar-refractivity contribution >= 4 is 23.7 Å². The molecule has 22 heavy (non-hydrogen) atoms. The highest BCUT2D eigenvalue weighted by Crippen LogP contribution is 2.16. The van der Waals surface area contributed by atoms with Gasteiger partial charge in [-0.15, -0.1) is 4.33 Å². The zero-order valence-electron chi connectivity index (χ0n) is 12.8. The van der Waals surface area contributed by atoms with E-state index < -0.39 is 0 Å². The van der Waals surface area contributed by atoms with Gasteiger partial charge in [-0.2, -0.15) is 0 Å². The Morgan fingerprint density at radius 1 is 1.23 bits per heavy atom. The van der Waals surface area contributed by atoms with Crippen molar-refractivity contribution in [3.63, 3.8) is 0 Å². The van der Waals surface area contributed by atoms with Crippen LogP contribution in [0.2, 0.25) is 0 Å². The molecule has 0 saturated heterocycles. The largest absolute Gasteiger partial charge is 0.466 e. The summed E-state index contributed by atoms with van der Waals surface area (Å²) in [5.74, 6) is 0.543. The molecular formula is C15H23NO5S. The second-order valence-corrected chi connectivity index (χ2v) is 5.33. The molecule has 0 aromatic heterocycles. The number of para-hydroxylation sites is 1. The first-order chi connectivity index (χ1) is 10.8. The molecule has 0 heterocycles. The maximum atomic E-state index is 11.4. The second-order valence-electron chi connectivity index (χ2n) is 4.55. The van der Waals surface area contributed by atoms with Gasteiger partial charge in [0, 0.05) is 43.0 Å². The molecule has 0 radical (unpaired) electrons. The highest BCUT2D eigenvalue weighted by molar-refractivity contribution is 7.94. The van der Waals surface area contributed by atoms with Gasteiger partial charge in [0.25, 0.3) is 0 Å². The number of carbonyl (C=O) groups is 1. The van der Waals surface area contributed by atoms with Crippen LogP contribution in [-0.2, 0) is 18.9 Å². The number of benzene rings is 1. The van der Waals surface area contributed by atoms with Crippen LogP contribution in [0.5, 0.6) is 0 Å². The predicted molar refractivity (Wildman–Crippen MR) is 86.4 cm³/mol. The minimum atomic E-state index is -0.153. The van der Waals surface area contributed by atoms with Crippen LogP contribution in [0.1, 0.15) is 26.2 Å². The smallest absolute Gasteiger partial charge is 0.305 e. The van der Waals surface area contributed by atoms with Gasteiger partial charge in [0.15, 0.2) is 0 Å². The number of esters is 1. The standard InChI is InChI=1S/C15H23NO5S/c1-2-19-15(17)10-6-11-16(12-7-13-22-21-20-18)14-8-4-3-5-9-14/h3-5,8-9,18H,2,6-7,10-13H2,1H3. The van der Waals surface area contributed by atoms with Gasteiger partial charge < -0.3 is 9.64 Å². The first kappa shape index (κ1) is 18.8. The van der Waals surface area contributed by atoms with E-state index in [9.17, 15) is 4.79 Å². The summed E-state index contributed by atoms with van der Waals surface area (Å²) < 4.78 is 9.29. The molecule has 0 aliphatic rings. The van der Waals surface area contributed by atoms with Crippen LogP contribution in [0.15, 0.2) is 30.3 Å². The zero-order valence-corrected chi connectivity index (χ0v) is 13.6. The Balaban J connectivity index is 2.40. The fraction of sp³-hybridized carbons (Fsp3) is 0.533. The highest BCUT2D eigenvalue weighted by Gasteiger charge is 2.08. The highest BCUT2D eigenvalue weighted by atomic mass is 32.2. The molecular weight excluding hydrogens is 306 g/mol. The summed E-state index contributed by atoms with van der Waals surface area (Å²) in [5, 5.41) is 11.6. The molecule has 0 atom stereocenters. The molecule has 124 valence electrons. The Kier molecular flexibility index (Phi) is 10.5. The molecule has 7 heteroatoms. The Bertz CT molecular complexity index is 404. The number of hydrogen-bond donors (Lipinski definition) is 1. The van der Waals surface area contributed by atoms with Gasteiger partial charge in [-0.05, 0) is 31.9 Å². The average molecular weight is 329 g/mol. The van der Waals surface area contributed by atoms with E-state index in [-0.39, 0.29) is 5.97 Å². The number of rotatable bonds is 12. The van der Waals surface area contributed by atoms with Crippen molar-refractivity contribution in [2.45, 2.75) is 26.2 Å². The lowest BCUT2D eigenvalue weighted by Crippen LogP contribution is -2.26. The third-order valence-corrected chi connectivity index (χ3v) is 3.58. The van der Waals surface area contributed by atoms with Crippen LogP contribution in [0.3, 0.4) is 0 Å². The Hall–Kier alpha value is -1.28. The predicted octanol–water partition coefficient (Wildman–Crippen LogP) is 3.30. The zero-order chi connectivity index (χ0) is 16.0.